The maximum atomic E-state index is 12.2. The molecule has 2 aromatic carbocycles. The van der Waals surface area contributed by atoms with E-state index in [4.69, 9.17) is 4.74 Å². The Morgan fingerprint density at radius 2 is 1.79 bits per heavy atom. The summed E-state index contributed by atoms with van der Waals surface area (Å²) in [7, 11) is 3.78. The normalized spacial score (nSPS) is 11.5. The fourth-order valence-electron chi connectivity index (χ4n) is 2.16. The number of hydrogen-bond acceptors (Lipinski definition) is 4. The van der Waals surface area contributed by atoms with Gasteiger partial charge in [-0.2, -0.15) is 0 Å². The van der Waals surface area contributed by atoms with Crippen molar-refractivity contribution in [3.63, 3.8) is 0 Å². The maximum Gasteiger partial charge on any atom is 0.338 e. The van der Waals surface area contributed by atoms with Crippen LogP contribution in [0.5, 0.6) is 0 Å². The Morgan fingerprint density at radius 3 is 2.46 bits per heavy atom. The zero-order valence-corrected chi connectivity index (χ0v) is 14.4. The van der Waals surface area contributed by atoms with Crippen molar-refractivity contribution in [2.45, 2.75) is 20.0 Å². The number of ether oxygens (including phenoxy) is 1. The van der Waals surface area contributed by atoms with Gasteiger partial charge in [0.05, 0.1) is 5.56 Å². The van der Waals surface area contributed by atoms with E-state index in [-0.39, 0.29) is 5.91 Å². The molecule has 1 atom stereocenters. The van der Waals surface area contributed by atoms with Gasteiger partial charge in [0.2, 0.25) is 0 Å². The van der Waals surface area contributed by atoms with E-state index in [1.54, 1.807) is 31.2 Å². The number of benzene rings is 2. The molecule has 0 spiro atoms. The number of nitrogens with one attached hydrogen (secondary N) is 1. The van der Waals surface area contributed by atoms with Gasteiger partial charge in [-0.05, 0) is 49.7 Å². The molecule has 0 radical (unpaired) electrons. The Kier molecular flexibility index (Phi) is 5.58. The molecule has 0 saturated carbocycles. The summed E-state index contributed by atoms with van der Waals surface area (Å²) >= 11 is 0. The van der Waals surface area contributed by atoms with Gasteiger partial charge in [0.25, 0.3) is 5.91 Å². The minimum absolute atomic E-state index is 0.363. The molecule has 5 heteroatoms. The monoisotopic (exact) mass is 326 g/mol. The molecule has 0 saturated heterocycles. The first-order valence-electron chi connectivity index (χ1n) is 7.72. The van der Waals surface area contributed by atoms with Crippen LogP contribution in [0.2, 0.25) is 0 Å². The van der Waals surface area contributed by atoms with Crippen LogP contribution in [-0.2, 0) is 9.53 Å². The number of carbonyl (C=O) groups excluding carboxylic acids is 2. The first-order valence-corrected chi connectivity index (χ1v) is 7.72. The number of carbonyl (C=O) groups is 2. The molecule has 24 heavy (non-hydrogen) atoms. The Balaban J connectivity index is 2.00. The molecular formula is C19H22N2O3. The van der Waals surface area contributed by atoms with Gasteiger partial charge in [0.15, 0.2) is 6.10 Å². The van der Waals surface area contributed by atoms with E-state index >= 15 is 0 Å². The zero-order valence-electron chi connectivity index (χ0n) is 14.4. The van der Waals surface area contributed by atoms with Crippen LogP contribution >= 0.6 is 0 Å². The second-order valence-corrected chi connectivity index (χ2v) is 5.85. The average Bonchev–Trinajstić information content (AvgIpc) is 2.54. The van der Waals surface area contributed by atoms with Crippen LogP contribution in [0.1, 0.15) is 22.8 Å². The highest BCUT2D eigenvalue weighted by atomic mass is 16.5. The molecule has 1 amide bonds. The van der Waals surface area contributed by atoms with Gasteiger partial charge in [-0.15, -0.1) is 0 Å². The van der Waals surface area contributed by atoms with E-state index < -0.39 is 12.1 Å². The molecule has 0 bridgehead atoms. The summed E-state index contributed by atoms with van der Waals surface area (Å²) in [5.41, 5.74) is 3.02. The molecule has 0 heterocycles. The second-order valence-electron chi connectivity index (χ2n) is 5.85. The largest absolute Gasteiger partial charge is 0.449 e. The molecular weight excluding hydrogens is 304 g/mol. The standard InChI is InChI=1S/C19H22N2O3/c1-13-7-5-9-16(11-13)20-18(22)14(2)24-19(23)15-8-6-10-17(12-15)21(3)4/h5-12,14H,1-4H3,(H,20,22)/t14-/m1/s1. The minimum Gasteiger partial charge on any atom is -0.449 e. The number of amides is 1. The molecule has 0 aliphatic rings. The van der Waals surface area contributed by atoms with E-state index in [0.717, 1.165) is 11.3 Å². The van der Waals surface area contributed by atoms with Crippen molar-refractivity contribution in [1.82, 2.24) is 0 Å². The lowest BCUT2D eigenvalue weighted by molar-refractivity contribution is -0.123. The summed E-state index contributed by atoms with van der Waals surface area (Å²) in [4.78, 5) is 26.3. The van der Waals surface area contributed by atoms with Crippen LogP contribution in [0.4, 0.5) is 11.4 Å². The van der Waals surface area contributed by atoms with Crippen molar-refractivity contribution in [1.29, 1.82) is 0 Å². The first-order chi connectivity index (χ1) is 11.4. The van der Waals surface area contributed by atoms with E-state index in [2.05, 4.69) is 5.32 Å². The molecule has 1 N–H and O–H groups in total. The lowest BCUT2D eigenvalue weighted by Crippen LogP contribution is -2.30. The predicted octanol–water partition coefficient (Wildman–Crippen LogP) is 3.25. The molecule has 2 aromatic rings. The third kappa shape index (κ3) is 4.59. The maximum absolute atomic E-state index is 12.2. The highest BCUT2D eigenvalue weighted by Gasteiger charge is 2.19. The van der Waals surface area contributed by atoms with E-state index in [1.807, 2.05) is 50.2 Å². The second kappa shape index (κ2) is 7.64. The fraction of sp³-hybridized carbons (Fsp3) is 0.263. The zero-order chi connectivity index (χ0) is 17.7. The third-order valence-corrected chi connectivity index (χ3v) is 3.54. The summed E-state index contributed by atoms with van der Waals surface area (Å²) in [6.07, 6.45) is -0.888. The molecule has 2 rings (SSSR count). The number of rotatable bonds is 5. The number of aryl methyl sites for hydroxylation is 1. The van der Waals surface area contributed by atoms with Gasteiger partial charge < -0.3 is 15.0 Å². The molecule has 0 unspecified atom stereocenters. The highest BCUT2D eigenvalue weighted by Crippen LogP contribution is 2.15. The van der Waals surface area contributed by atoms with Crippen molar-refractivity contribution >= 4 is 23.3 Å². The summed E-state index contributed by atoms with van der Waals surface area (Å²) in [5, 5.41) is 2.74. The van der Waals surface area contributed by atoms with Gasteiger partial charge in [-0.25, -0.2) is 4.79 Å². The number of anilines is 2. The summed E-state index contributed by atoms with van der Waals surface area (Å²) < 4.78 is 5.27. The lowest BCUT2D eigenvalue weighted by atomic mass is 10.2. The van der Waals surface area contributed by atoms with Crippen molar-refractivity contribution < 1.29 is 14.3 Å². The van der Waals surface area contributed by atoms with Gasteiger partial charge in [-0.1, -0.05) is 18.2 Å². The smallest absolute Gasteiger partial charge is 0.338 e. The van der Waals surface area contributed by atoms with Crippen LogP contribution < -0.4 is 10.2 Å². The number of nitrogens with zero attached hydrogens (tertiary/aromatic N) is 1. The molecule has 0 aromatic heterocycles. The van der Waals surface area contributed by atoms with E-state index in [9.17, 15) is 9.59 Å². The Bertz CT molecular complexity index is 741. The Labute approximate surface area is 142 Å². The van der Waals surface area contributed by atoms with Gasteiger partial charge in [0, 0.05) is 25.5 Å². The van der Waals surface area contributed by atoms with Crippen LogP contribution in [0.15, 0.2) is 48.5 Å². The van der Waals surface area contributed by atoms with Crippen LogP contribution in [0.25, 0.3) is 0 Å². The van der Waals surface area contributed by atoms with Gasteiger partial charge >= 0.3 is 5.97 Å². The SMILES string of the molecule is Cc1cccc(NC(=O)[C@@H](C)OC(=O)c2cccc(N(C)C)c2)c1. The molecule has 126 valence electrons. The van der Waals surface area contributed by atoms with E-state index in [0.29, 0.717) is 11.3 Å². The van der Waals surface area contributed by atoms with Crippen molar-refractivity contribution in [3.8, 4) is 0 Å². The third-order valence-electron chi connectivity index (χ3n) is 3.54. The first kappa shape index (κ1) is 17.5. The number of hydrogen-bond donors (Lipinski definition) is 1. The van der Waals surface area contributed by atoms with Gasteiger partial charge in [0.1, 0.15) is 0 Å². The van der Waals surface area contributed by atoms with Crippen molar-refractivity contribution in [2.75, 3.05) is 24.3 Å². The van der Waals surface area contributed by atoms with E-state index in [1.165, 1.54) is 0 Å². The fourth-order valence-corrected chi connectivity index (χ4v) is 2.16. The van der Waals surface area contributed by atoms with Crippen LogP contribution in [0, 0.1) is 6.92 Å². The van der Waals surface area contributed by atoms with Crippen LogP contribution in [0.3, 0.4) is 0 Å². The van der Waals surface area contributed by atoms with Crippen LogP contribution in [-0.4, -0.2) is 32.1 Å². The summed E-state index contributed by atoms with van der Waals surface area (Å²) in [5.74, 6) is -0.886. The summed E-state index contributed by atoms with van der Waals surface area (Å²) in [6.45, 7) is 3.50. The molecule has 5 nitrogen and oxygen atoms in total. The summed E-state index contributed by atoms with van der Waals surface area (Å²) in [6, 6.07) is 14.5. The number of esters is 1. The molecule has 0 aliphatic heterocycles. The average molecular weight is 326 g/mol. The molecule has 0 aliphatic carbocycles. The van der Waals surface area contributed by atoms with Crippen molar-refractivity contribution in [3.05, 3.63) is 59.7 Å². The quantitative estimate of drug-likeness (QED) is 0.857. The Hall–Kier alpha value is -2.82. The molecule has 0 fully saturated rings. The Morgan fingerprint density at radius 1 is 1.08 bits per heavy atom. The van der Waals surface area contributed by atoms with Crippen molar-refractivity contribution in [2.24, 2.45) is 0 Å². The predicted molar refractivity (Wildman–Crippen MR) is 95.5 cm³/mol. The van der Waals surface area contributed by atoms with Gasteiger partial charge in [-0.3, -0.25) is 4.79 Å². The highest BCUT2D eigenvalue weighted by molar-refractivity contribution is 5.97. The minimum atomic E-state index is -0.888. The topological polar surface area (TPSA) is 58.6 Å². The lowest BCUT2D eigenvalue weighted by Gasteiger charge is -2.16.